The smallest absolute Gasteiger partial charge is 0.440 e. The molecular formula is C21H19F3N6O2. The molecule has 1 fully saturated rings. The molecule has 4 aromatic rings. The van der Waals surface area contributed by atoms with Gasteiger partial charge in [0.05, 0.1) is 0 Å². The Balaban J connectivity index is 1.30. The van der Waals surface area contributed by atoms with Crippen LogP contribution in [0.25, 0.3) is 16.9 Å². The van der Waals surface area contributed by atoms with Gasteiger partial charge in [-0.1, -0.05) is 0 Å². The molecule has 166 valence electrons. The van der Waals surface area contributed by atoms with E-state index in [1.165, 1.54) is 0 Å². The zero-order chi connectivity index (χ0) is 22.6. The van der Waals surface area contributed by atoms with Crippen LogP contribution in [0.1, 0.15) is 53.8 Å². The van der Waals surface area contributed by atoms with Crippen molar-refractivity contribution in [1.82, 2.24) is 24.6 Å². The van der Waals surface area contributed by atoms with Crippen molar-refractivity contribution < 1.29 is 22.4 Å². The van der Waals surface area contributed by atoms with Crippen molar-refractivity contribution in [3.63, 3.8) is 0 Å². The van der Waals surface area contributed by atoms with Crippen molar-refractivity contribution in [2.45, 2.75) is 51.6 Å². The second kappa shape index (κ2) is 7.28. The second-order valence-electron chi connectivity index (χ2n) is 7.96. The fourth-order valence-corrected chi connectivity index (χ4v) is 3.68. The van der Waals surface area contributed by atoms with E-state index in [-0.39, 0.29) is 18.1 Å². The lowest BCUT2D eigenvalue weighted by Gasteiger charge is -2.10. The molecular weight excluding hydrogens is 425 g/mol. The van der Waals surface area contributed by atoms with E-state index in [4.69, 9.17) is 4.42 Å². The maximum absolute atomic E-state index is 12.9. The molecule has 1 amide bonds. The summed E-state index contributed by atoms with van der Waals surface area (Å²) in [5.41, 5.74) is 3.62. The van der Waals surface area contributed by atoms with E-state index in [2.05, 4.69) is 25.4 Å². The number of benzene rings is 1. The normalized spacial score (nSPS) is 14.4. The molecule has 3 aromatic heterocycles. The predicted octanol–water partition coefficient (Wildman–Crippen LogP) is 4.35. The van der Waals surface area contributed by atoms with Crippen LogP contribution in [0.4, 0.5) is 18.9 Å². The van der Waals surface area contributed by atoms with E-state index in [1.54, 1.807) is 32.0 Å². The summed E-state index contributed by atoms with van der Waals surface area (Å²) < 4.78 is 45.6. The molecule has 0 bridgehead atoms. The number of hydrogen-bond acceptors (Lipinski definition) is 6. The largest absolute Gasteiger partial charge is 0.453 e. The van der Waals surface area contributed by atoms with Crippen LogP contribution in [0.3, 0.4) is 0 Å². The number of aryl methyl sites for hydroxylation is 2. The summed E-state index contributed by atoms with van der Waals surface area (Å²) in [5, 5.41) is 6.36. The predicted molar refractivity (Wildman–Crippen MR) is 108 cm³/mol. The number of nitrogens with one attached hydrogen (secondary N) is 1. The summed E-state index contributed by atoms with van der Waals surface area (Å²) in [6.45, 7) is 3.32. The Morgan fingerprint density at radius 3 is 2.72 bits per heavy atom. The minimum Gasteiger partial charge on any atom is -0.440 e. The van der Waals surface area contributed by atoms with Crippen molar-refractivity contribution in [3.05, 3.63) is 46.9 Å². The summed E-state index contributed by atoms with van der Waals surface area (Å²) in [5.74, 6) is -0.458. The van der Waals surface area contributed by atoms with Crippen LogP contribution in [0.5, 0.6) is 0 Å². The quantitative estimate of drug-likeness (QED) is 0.492. The molecule has 0 spiro atoms. The van der Waals surface area contributed by atoms with E-state index in [9.17, 15) is 18.0 Å². The van der Waals surface area contributed by atoms with E-state index in [0.717, 1.165) is 23.2 Å². The van der Waals surface area contributed by atoms with Gasteiger partial charge in [0.2, 0.25) is 5.91 Å². The third kappa shape index (κ3) is 3.78. The average Bonchev–Trinajstić information content (AvgIpc) is 3.33. The second-order valence-corrected chi connectivity index (χ2v) is 7.96. The number of amides is 1. The minimum absolute atomic E-state index is 0.119. The van der Waals surface area contributed by atoms with Crippen molar-refractivity contribution in [2.24, 2.45) is 0 Å². The first kappa shape index (κ1) is 20.4. The lowest BCUT2D eigenvalue weighted by Crippen LogP contribution is -2.14. The fraction of sp³-hybridized carbons (Fsp3) is 0.381. The first-order chi connectivity index (χ1) is 15.2. The zero-order valence-corrected chi connectivity index (χ0v) is 17.3. The Hall–Kier alpha value is -3.50. The van der Waals surface area contributed by atoms with Gasteiger partial charge in [-0.2, -0.15) is 18.2 Å². The van der Waals surface area contributed by atoms with Crippen molar-refractivity contribution >= 4 is 28.5 Å². The molecule has 11 heteroatoms. The van der Waals surface area contributed by atoms with Gasteiger partial charge in [-0.15, -0.1) is 5.10 Å². The van der Waals surface area contributed by atoms with Gasteiger partial charge in [-0.25, -0.2) is 14.5 Å². The molecule has 1 saturated carbocycles. The molecule has 1 aliphatic carbocycles. The number of rotatable bonds is 5. The Labute approximate surface area is 179 Å². The summed E-state index contributed by atoms with van der Waals surface area (Å²) >= 11 is 0. The topological polar surface area (TPSA) is 98.2 Å². The highest BCUT2D eigenvalue weighted by Gasteiger charge is 2.37. The van der Waals surface area contributed by atoms with E-state index in [1.807, 2.05) is 0 Å². The Kier molecular flexibility index (Phi) is 4.64. The molecule has 8 nitrogen and oxygen atoms in total. The lowest BCUT2D eigenvalue weighted by molar-refractivity contribution is -0.144. The number of oxazole rings is 1. The van der Waals surface area contributed by atoms with Crippen molar-refractivity contribution in [2.75, 3.05) is 5.32 Å². The summed E-state index contributed by atoms with van der Waals surface area (Å²) in [6.07, 6.45) is -2.06. The average molecular weight is 444 g/mol. The van der Waals surface area contributed by atoms with Gasteiger partial charge in [0.1, 0.15) is 5.52 Å². The number of anilines is 1. The molecule has 0 unspecified atom stereocenters. The summed E-state index contributed by atoms with van der Waals surface area (Å²) in [7, 11) is 0. The summed E-state index contributed by atoms with van der Waals surface area (Å²) in [4.78, 5) is 24.6. The summed E-state index contributed by atoms with van der Waals surface area (Å²) in [6, 6.07) is 5.29. The van der Waals surface area contributed by atoms with Crippen LogP contribution in [-0.4, -0.2) is 30.5 Å². The number of fused-ring (bicyclic) bond motifs is 2. The molecule has 5 rings (SSSR count). The maximum atomic E-state index is 12.9. The van der Waals surface area contributed by atoms with Crippen LogP contribution in [0.2, 0.25) is 0 Å². The minimum atomic E-state index is -4.65. The van der Waals surface area contributed by atoms with E-state index >= 15 is 0 Å². The molecule has 0 atom stereocenters. The van der Waals surface area contributed by atoms with Crippen molar-refractivity contribution in [1.29, 1.82) is 0 Å². The molecule has 1 N–H and O–H groups in total. The molecule has 0 aliphatic heterocycles. The lowest BCUT2D eigenvalue weighted by atomic mass is 10.1. The number of carbonyl (C=O) groups is 1. The molecule has 1 aliphatic rings. The van der Waals surface area contributed by atoms with Crippen molar-refractivity contribution in [3.8, 4) is 0 Å². The van der Waals surface area contributed by atoms with Crippen LogP contribution in [0, 0.1) is 13.8 Å². The van der Waals surface area contributed by atoms with Gasteiger partial charge in [-0.3, -0.25) is 4.79 Å². The number of aromatic nitrogens is 5. The fourth-order valence-electron chi connectivity index (χ4n) is 3.68. The molecule has 0 radical (unpaired) electrons. The van der Waals surface area contributed by atoms with Crippen LogP contribution < -0.4 is 5.32 Å². The first-order valence-corrected chi connectivity index (χ1v) is 10.2. The highest BCUT2D eigenvalue weighted by molar-refractivity contribution is 5.92. The van der Waals surface area contributed by atoms with Gasteiger partial charge in [0, 0.05) is 29.4 Å². The Bertz CT molecular complexity index is 1350. The van der Waals surface area contributed by atoms with Gasteiger partial charge >= 0.3 is 6.18 Å². The molecule has 1 aromatic carbocycles. The third-order valence-corrected chi connectivity index (χ3v) is 5.52. The number of nitrogens with zero attached hydrogens (tertiary/aromatic N) is 5. The molecule has 32 heavy (non-hydrogen) atoms. The van der Waals surface area contributed by atoms with E-state index < -0.39 is 12.0 Å². The van der Waals surface area contributed by atoms with Gasteiger partial charge < -0.3 is 9.73 Å². The Morgan fingerprint density at radius 1 is 1.22 bits per heavy atom. The monoisotopic (exact) mass is 444 g/mol. The van der Waals surface area contributed by atoms with Gasteiger partial charge in [0.25, 0.3) is 11.6 Å². The SMILES string of the molecule is Cc1nc2nc(C(F)(F)F)nn2c(C)c1CCC(=O)Nc1ccc2oc(C3CC3)nc2c1. The molecule has 3 heterocycles. The van der Waals surface area contributed by atoms with Crippen LogP contribution in [-0.2, 0) is 17.4 Å². The number of alkyl halides is 3. The number of hydrogen-bond donors (Lipinski definition) is 1. The Morgan fingerprint density at radius 2 is 2.00 bits per heavy atom. The molecule has 0 saturated heterocycles. The highest BCUT2D eigenvalue weighted by Crippen LogP contribution is 2.40. The number of halogens is 3. The number of carbonyl (C=O) groups excluding carboxylic acids is 1. The van der Waals surface area contributed by atoms with E-state index in [0.29, 0.717) is 46.1 Å². The standard InChI is InChI=1S/C21H19F3N6O2/c1-10-14(11(2)30-20(25-10)28-19(29-30)21(22,23)24)6-8-17(31)26-13-5-7-16-15(9-13)27-18(32-16)12-3-4-12/h5,7,9,12H,3-4,6,8H2,1-2H3,(H,26,31). The van der Waals surface area contributed by atoms with Gasteiger partial charge in [0.15, 0.2) is 11.5 Å². The maximum Gasteiger partial charge on any atom is 0.453 e. The van der Waals surface area contributed by atoms with Crippen LogP contribution >= 0.6 is 0 Å². The zero-order valence-electron chi connectivity index (χ0n) is 17.3. The first-order valence-electron chi connectivity index (χ1n) is 10.2. The third-order valence-electron chi connectivity index (χ3n) is 5.52. The van der Waals surface area contributed by atoms with Gasteiger partial charge in [-0.05, 0) is 56.9 Å². The van der Waals surface area contributed by atoms with Crippen LogP contribution in [0.15, 0.2) is 22.6 Å². The highest BCUT2D eigenvalue weighted by atomic mass is 19.4.